The van der Waals surface area contributed by atoms with E-state index >= 15 is 0 Å². The van der Waals surface area contributed by atoms with Crippen molar-refractivity contribution in [2.24, 2.45) is 7.05 Å². The van der Waals surface area contributed by atoms with E-state index in [9.17, 15) is 9.59 Å². The number of amides is 2. The maximum Gasteiger partial charge on any atom is 0.237 e. The molecule has 1 aromatic carbocycles. The van der Waals surface area contributed by atoms with E-state index in [2.05, 4.69) is 20.6 Å². The molecule has 3 rings (SSSR count). The molecule has 1 saturated heterocycles. The third kappa shape index (κ3) is 4.03. The van der Waals surface area contributed by atoms with Crippen LogP contribution in [0.1, 0.15) is 25.8 Å². The SMILES string of the molecule is Cc1c(-c2ccccc2)nn(C)c1NC(=O)CC1C(=O)NCCN1C(C)C. The minimum absolute atomic E-state index is 0.0863. The fourth-order valence-electron chi connectivity index (χ4n) is 3.59. The van der Waals surface area contributed by atoms with Crippen LogP contribution in [0.25, 0.3) is 11.3 Å². The van der Waals surface area contributed by atoms with Crippen molar-refractivity contribution in [3.63, 3.8) is 0 Å². The third-order valence-corrected chi connectivity index (χ3v) is 5.00. The van der Waals surface area contributed by atoms with Crippen LogP contribution in [0.2, 0.25) is 0 Å². The van der Waals surface area contributed by atoms with Crippen molar-refractivity contribution < 1.29 is 9.59 Å². The Morgan fingerprint density at radius 2 is 2.04 bits per heavy atom. The number of aryl methyl sites for hydroxylation is 1. The van der Waals surface area contributed by atoms with Gasteiger partial charge in [-0.15, -0.1) is 0 Å². The highest BCUT2D eigenvalue weighted by Gasteiger charge is 2.33. The van der Waals surface area contributed by atoms with E-state index in [1.165, 1.54) is 0 Å². The van der Waals surface area contributed by atoms with Gasteiger partial charge in [-0.05, 0) is 20.8 Å². The van der Waals surface area contributed by atoms with Gasteiger partial charge in [0.1, 0.15) is 5.82 Å². The predicted octanol–water partition coefficient (Wildman–Crippen LogP) is 1.93. The van der Waals surface area contributed by atoms with Crippen LogP contribution in [0, 0.1) is 6.92 Å². The third-order valence-electron chi connectivity index (χ3n) is 5.00. The average Bonchev–Trinajstić information content (AvgIpc) is 2.92. The molecule has 0 bridgehead atoms. The number of piperazine rings is 1. The summed E-state index contributed by atoms with van der Waals surface area (Å²) in [5.41, 5.74) is 2.75. The van der Waals surface area contributed by atoms with Crippen molar-refractivity contribution in [2.45, 2.75) is 39.3 Å². The van der Waals surface area contributed by atoms with Crippen molar-refractivity contribution in [1.82, 2.24) is 20.0 Å². The van der Waals surface area contributed by atoms with Crippen LogP contribution in [-0.2, 0) is 16.6 Å². The Labute approximate surface area is 159 Å². The summed E-state index contributed by atoms with van der Waals surface area (Å²) in [6.07, 6.45) is 0.120. The maximum absolute atomic E-state index is 12.7. The molecule has 7 heteroatoms. The first-order valence-electron chi connectivity index (χ1n) is 9.30. The first kappa shape index (κ1) is 19.1. The van der Waals surface area contributed by atoms with Gasteiger partial charge in [0, 0.05) is 37.3 Å². The lowest BCUT2D eigenvalue weighted by molar-refractivity contribution is -0.133. The first-order chi connectivity index (χ1) is 12.9. The molecule has 0 spiro atoms. The van der Waals surface area contributed by atoms with Gasteiger partial charge in [0.15, 0.2) is 0 Å². The van der Waals surface area contributed by atoms with Crippen LogP contribution < -0.4 is 10.6 Å². The Bertz CT molecular complexity index is 828. The molecule has 1 aromatic heterocycles. The second kappa shape index (κ2) is 7.92. The smallest absolute Gasteiger partial charge is 0.237 e. The molecule has 1 fully saturated rings. The Balaban J connectivity index is 1.76. The van der Waals surface area contributed by atoms with Gasteiger partial charge in [0.25, 0.3) is 0 Å². The van der Waals surface area contributed by atoms with Crippen LogP contribution in [0.4, 0.5) is 5.82 Å². The number of rotatable bonds is 5. The zero-order valence-electron chi connectivity index (χ0n) is 16.3. The lowest BCUT2D eigenvalue weighted by Gasteiger charge is -2.37. The number of hydrogen-bond donors (Lipinski definition) is 2. The number of nitrogens with zero attached hydrogens (tertiary/aromatic N) is 3. The van der Waals surface area contributed by atoms with Crippen molar-refractivity contribution in [2.75, 3.05) is 18.4 Å². The molecular weight excluding hydrogens is 342 g/mol. The van der Waals surface area contributed by atoms with Gasteiger partial charge in [0.2, 0.25) is 11.8 Å². The molecular formula is C20H27N5O2. The summed E-state index contributed by atoms with van der Waals surface area (Å²) in [5.74, 6) is 0.386. The first-order valence-corrected chi connectivity index (χ1v) is 9.30. The van der Waals surface area contributed by atoms with E-state index in [1.54, 1.807) is 4.68 Å². The highest BCUT2D eigenvalue weighted by atomic mass is 16.2. The Morgan fingerprint density at radius 1 is 1.33 bits per heavy atom. The monoisotopic (exact) mass is 369 g/mol. The normalized spacial score (nSPS) is 17.8. The van der Waals surface area contributed by atoms with Gasteiger partial charge < -0.3 is 10.6 Å². The van der Waals surface area contributed by atoms with E-state index in [0.29, 0.717) is 12.4 Å². The van der Waals surface area contributed by atoms with Crippen molar-refractivity contribution in [1.29, 1.82) is 0 Å². The minimum atomic E-state index is -0.444. The number of carbonyl (C=O) groups is 2. The van der Waals surface area contributed by atoms with Gasteiger partial charge in [0.05, 0.1) is 18.2 Å². The summed E-state index contributed by atoms with van der Waals surface area (Å²) in [6, 6.07) is 9.63. The molecule has 2 N–H and O–H groups in total. The summed E-state index contributed by atoms with van der Waals surface area (Å²) in [6.45, 7) is 7.40. The lowest BCUT2D eigenvalue weighted by atomic mass is 10.1. The van der Waals surface area contributed by atoms with E-state index in [1.807, 2.05) is 58.2 Å². The van der Waals surface area contributed by atoms with Gasteiger partial charge >= 0.3 is 0 Å². The Morgan fingerprint density at radius 3 is 2.70 bits per heavy atom. The second-order valence-electron chi connectivity index (χ2n) is 7.20. The van der Waals surface area contributed by atoms with E-state index in [-0.39, 0.29) is 24.3 Å². The number of hydrogen-bond acceptors (Lipinski definition) is 4. The molecule has 27 heavy (non-hydrogen) atoms. The zero-order chi connectivity index (χ0) is 19.6. The molecule has 1 aliphatic heterocycles. The van der Waals surface area contributed by atoms with Crippen LogP contribution >= 0.6 is 0 Å². The number of aromatic nitrogens is 2. The summed E-state index contributed by atoms with van der Waals surface area (Å²) < 4.78 is 1.68. The fourth-order valence-corrected chi connectivity index (χ4v) is 3.59. The average molecular weight is 369 g/mol. The number of carbonyl (C=O) groups excluding carboxylic acids is 2. The van der Waals surface area contributed by atoms with Gasteiger partial charge in [-0.2, -0.15) is 5.10 Å². The van der Waals surface area contributed by atoms with Crippen molar-refractivity contribution >= 4 is 17.6 Å². The topological polar surface area (TPSA) is 79.3 Å². The summed E-state index contributed by atoms with van der Waals surface area (Å²) >= 11 is 0. The van der Waals surface area contributed by atoms with Crippen LogP contribution in [-0.4, -0.2) is 51.7 Å². The Hall–Kier alpha value is -2.67. The largest absolute Gasteiger partial charge is 0.353 e. The molecule has 1 aliphatic rings. The molecule has 2 heterocycles. The molecule has 2 aromatic rings. The molecule has 0 saturated carbocycles. The molecule has 2 amide bonds. The standard InChI is InChI=1S/C20H27N5O2/c1-13(2)25-11-10-21-20(27)16(25)12-17(26)22-19-14(3)18(23-24(19)4)15-8-6-5-7-9-15/h5-9,13,16H,10-12H2,1-4H3,(H,21,27)(H,22,26). The zero-order valence-corrected chi connectivity index (χ0v) is 16.3. The molecule has 1 atom stereocenters. The van der Waals surface area contributed by atoms with Gasteiger partial charge in [-0.25, -0.2) is 0 Å². The van der Waals surface area contributed by atoms with Crippen LogP contribution in [0.3, 0.4) is 0 Å². The fraction of sp³-hybridized carbons (Fsp3) is 0.450. The maximum atomic E-state index is 12.7. The summed E-state index contributed by atoms with van der Waals surface area (Å²) in [4.78, 5) is 27.0. The highest BCUT2D eigenvalue weighted by Crippen LogP contribution is 2.27. The van der Waals surface area contributed by atoms with Gasteiger partial charge in [-0.3, -0.25) is 19.2 Å². The molecule has 7 nitrogen and oxygen atoms in total. The van der Waals surface area contributed by atoms with Crippen LogP contribution in [0.15, 0.2) is 30.3 Å². The van der Waals surface area contributed by atoms with Crippen molar-refractivity contribution in [3.05, 3.63) is 35.9 Å². The van der Waals surface area contributed by atoms with Crippen molar-refractivity contribution in [3.8, 4) is 11.3 Å². The Kier molecular flexibility index (Phi) is 5.60. The lowest BCUT2D eigenvalue weighted by Crippen LogP contribution is -2.58. The second-order valence-corrected chi connectivity index (χ2v) is 7.20. The summed E-state index contributed by atoms with van der Waals surface area (Å²) in [7, 11) is 1.81. The van der Waals surface area contributed by atoms with Crippen LogP contribution in [0.5, 0.6) is 0 Å². The summed E-state index contributed by atoms with van der Waals surface area (Å²) in [5, 5.41) is 10.4. The number of benzene rings is 1. The van der Waals surface area contributed by atoms with E-state index in [0.717, 1.165) is 23.4 Å². The number of anilines is 1. The molecule has 1 unspecified atom stereocenters. The molecule has 144 valence electrons. The minimum Gasteiger partial charge on any atom is -0.353 e. The van der Waals surface area contributed by atoms with E-state index in [4.69, 9.17) is 0 Å². The molecule has 0 radical (unpaired) electrons. The van der Waals surface area contributed by atoms with E-state index < -0.39 is 6.04 Å². The number of nitrogens with one attached hydrogen (secondary N) is 2. The quantitative estimate of drug-likeness (QED) is 0.844. The van der Waals surface area contributed by atoms with Gasteiger partial charge in [-0.1, -0.05) is 30.3 Å². The predicted molar refractivity (Wildman–Crippen MR) is 105 cm³/mol. The highest BCUT2D eigenvalue weighted by molar-refractivity contribution is 5.96. The molecule has 0 aliphatic carbocycles.